The number of hydrogen-bond acceptors (Lipinski definition) is 4. The van der Waals surface area contributed by atoms with Crippen molar-refractivity contribution in [2.75, 3.05) is 19.7 Å². The summed E-state index contributed by atoms with van der Waals surface area (Å²) in [7, 11) is 0. The molecule has 17 heavy (non-hydrogen) atoms. The van der Waals surface area contributed by atoms with Gasteiger partial charge in [0.05, 0.1) is 5.69 Å². The van der Waals surface area contributed by atoms with Gasteiger partial charge in [0.2, 0.25) is 0 Å². The van der Waals surface area contributed by atoms with Crippen LogP contribution in [-0.4, -0.2) is 24.7 Å². The van der Waals surface area contributed by atoms with Gasteiger partial charge in [-0.25, -0.2) is 4.98 Å². The van der Waals surface area contributed by atoms with E-state index in [1.54, 1.807) is 11.3 Å². The summed E-state index contributed by atoms with van der Waals surface area (Å²) in [4.78, 5) is 4.73. The molecule has 96 valence electrons. The summed E-state index contributed by atoms with van der Waals surface area (Å²) in [6, 6.07) is 0. The number of ether oxygens (including phenoxy) is 1. The van der Waals surface area contributed by atoms with Gasteiger partial charge in [-0.1, -0.05) is 6.92 Å². The van der Waals surface area contributed by atoms with Crippen molar-refractivity contribution in [3.05, 3.63) is 16.1 Å². The predicted octanol–water partition coefficient (Wildman–Crippen LogP) is 2.71. The molecule has 1 fully saturated rings. The van der Waals surface area contributed by atoms with Crippen molar-refractivity contribution in [2.45, 2.75) is 45.1 Å². The van der Waals surface area contributed by atoms with Gasteiger partial charge in [-0.15, -0.1) is 11.3 Å². The molecule has 1 aromatic rings. The summed E-state index contributed by atoms with van der Waals surface area (Å²) in [5.74, 6) is 0. The van der Waals surface area contributed by atoms with E-state index in [0.29, 0.717) is 0 Å². The van der Waals surface area contributed by atoms with E-state index in [4.69, 9.17) is 9.72 Å². The van der Waals surface area contributed by atoms with Crippen molar-refractivity contribution in [3.63, 3.8) is 0 Å². The maximum atomic E-state index is 5.92. The van der Waals surface area contributed by atoms with Crippen LogP contribution in [0.3, 0.4) is 0 Å². The Morgan fingerprint density at radius 3 is 3.12 bits per heavy atom. The fourth-order valence-electron chi connectivity index (χ4n) is 2.16. The number of thiazole rings is 1. The summed E-state index contributed by atoms with van der Waals surface area (Å²) in [5, 5.41) is 6.66. The van der Waals surface area contributed by atoms with Crippen LogP contribution in [0.2, 0.25) is 0 Å². The van der Waals surface area contributed by atoms with Crippen LogP contribution in [0.15, 0.2) is 5.38 Å². The highest BCUT2D eigenvalue weighted by Crippen LogP contribution is 2.36. The van der Waals surface area contributed by atoms with Crippen molar-refractivity contribution in [1.29, 1.82) is 0 Å². The minimum absolute atomic E-state index is 0.126. The molecule has 1 aliphatic heterocycles. The Hall–Kier alpha value is -0.450. The van der Waals surface area contributed by atoms with Gasteiger partial charge in [0.1, 0.15) is 10.6 Å². The van der Waals surface area contributed by atoms with Gasteiger partial charge in [-0.3, -0.25) is 0 Å². The molecule has 1 aromatic heterocycles. The first-order chi connectivity index (χ1) is 8.24. The SMILES string of the molecule is CCNCCc1csc(C2(C)CCCCO2)n1. The number of hydrogen-bond donors (Lipinski definition) is 1. The third-order valence-corrected chi connectivity index (χ3v) is 4.42. The van der Waals surface area contributed by atoms with Crippen molar-refractivity contribution in [3.8, 4) is 0 Å². The van der Waals surface area contributed by atoms with Gasteiger partial charge in [-0.2, -0.15) is 0 Å². The van der Waals surface area contributed by atoms with Crippen LogP contribution < -0.4 is 5.32 Å². The van der Waals surface area contributed by atoms with Crippen molar-refractivity contribution >= 4 is 11.3 Å². The van der Waals surface area contributed by atoms with Gasteiger partial charge in [0.15, 0.2) is 0 Å². The lowest BCUT2D eigenvalue weighted by atomic mass is 9.97. The molecule has 0 radical (unpaired) electrons. The third-order valence-electron chi connectivity index (χ3n) is 3.28. The third kappa shape index (κ3) is 3.27. The van der Waals surface area contributed by atoms with Crippen LogP contribution in [0, 0.1) is 0 Å². The lowest BCUT2D eigenvalue weighted by Gasteiger charge is -2.31. The van der Waals surface area contributed by atoms with Gasteiger partial charge in [0.25, 0.3) is 0 Å². The molecule has 0 amide bonds. The van der Waals surface area contributed by atoms with Gasteiger partial charge in [-0.05, 0) is 32.7 Å². The van der Waals surface area contributed by atoms with Crippen LogP contribution >= 0.6 is 11.3 Å². The highest BCUT2D eigenvalue weighted by molar-refractivity contribution is 7.09. The molecule has 2 rings (SSSR count). The average molecular weight is 254 g/mol. The topological polar surface area (TPSA) is 34.1 Å². The second-order valence-corrected chi connectivity index (χ2v) is 5.64. The highest BCUT2D eigenvalue weighted by atomic mass is 32.1. The molecule has 1 atom stereocenters. The van der Waals surface area contributed by atoms with E-state index < -0.39 is 0 Å². The molecule has 1 aliphatic rings. The lowest BCUT2D eigenvalue weighted by Crippen LogP contribution is -2.30. The van der Waals surface area contributed by atoms with Crippen LogP contribution in [0.5, 0.6) is 0 Å². The number of aromatic nitrogens is 1. The van der Waals surface area contributed by atoms with E-state index in [-0.39, 0.29) is 5.60 Å². The summed E-state index contributed by atoms with van der Waals surface area (Å²) >= 11 is 1.75. The zero-order chi connectivity index (χ0) is 12.1. The normalized spacial score (nSPS) is 25.1. The van der Waals surface area contributed by atoms with E-state index in [0.717, 1.165) is 37.5 Å². The van der Waals surface area contributed by atoms with Crippen LogP contribution in [0.4, 0.5) is 0 Å². The second-order valence-electron chi connectivity index (χ2n) is 4.78. The van der Waals surface area contributed by atoms with Gasteiger partial charge in [0, 0.05) is 25.0 Å². The van der Waals surface area contributed by atoms with E-state index in [2.05, 4.69) is 24.5 Å². The Labute approximate surface area is 108 Å². The molecular formula is C13H22N2OS. The number of nitrogens with zero attached hydrogens (tertiary/aromatic N) is 1. The molecule has 0 aliphatic carbocycles. The molecule has 0 aromatic carbocycles. The van der Waals surface area contributed by atoms with Crippen LogP contribution in [0.1, 0.15) is 43.8 Å². The molecule has 1 unspecified atom stereocenters. The standard InChI is InChI=1S/C13H22N2OS/c1-3-14-8-6-11-10-17-12(15-11)13(2)7-4-5-9-16-13/h10,14H,3-9H2,1-2H3. The fourth-order valence-corrected chi connectivity index (χ4v) is 3.16. The lowest BCUT2D eigenvalue weighted by molar-refractivity contribution is -0.0702. The molecule has 0 spiro atoms. The molecule has 2 heterocycles. The Kier molecular flexibility index (Phi) is 4.54. The molecular weight excluding hydrogens is 232 g/mol. The number of likely N-dealkylation sites (N-methyl/N-ethyl adjacent to an activating group) is 1. The van der Waals surface area contributed by atoms with E-state index in [9.17, 15) is 0 Å². The zero-order valence-corrected chi connectivity index (χ0v) is 11.6. The maximum absolute atomic E-state index is 5.92. The molecule has 1 N–H and O–H groups in total. The van der Waals surface area contributed by atoms with E-state index in [1.807, 2.05) is 0 Å². The first kappa shape index (κ1) is 13.0. The summed E-state index contributed by atoms with van der Waals surface area (Å²) < 4.78 is 5.92. The molecule has 0 saturated carbocycles. The van der Waals surface area contributed by atoms with Crippen LogP contribution in [-0.2, 0) is 16.8 Å². The van der Waals surface area contributed by atoms with E-state index in [1.165, 1.54) is 18.5 Å². The smallest absolute Gasteiger partial charge is 0.125 e. The largest absolute Gasteiger partial charge is 0.368 e. The van der Waals surface area contributed by atoms with Crippen molar-refractivity contribution < 1.29 is 4.74 Å². The van der Waals surface area contributed by atoms with Crippen LogP contribution in [0.25, 0.3) is 0 Å². The molecule has 0 bridgehead atoms. The second kappa shape index (κ2) is 5.94. The fraction of sp³-hybridized carbons (Fsp3) is 0.769. The van der Waals surface area contributed by atoms with Gasteiger partial charge < -0.3 is 10.1 Å². The average Bonchev–Trinajstić information content (AvgIpc) is 2.80. The van der Waals surface area contributed by atoms with Crippen molar-refractivity contribution in [1.82, 2.24) is 10.3 Å². The minimum Gasteiger partial charge on any atom is -0.368 e. The minimum atomic E-state index is -0.126. The number of rotatable bonds is 5. The predicted molar refractivity (Wildman–Crippen MR) is 71.5 cm³/mol. The van der Waals surface area contributed by atoms with Crippen molar-refractivity contribution in [2.24, 2.45) is 0 Å². The zero-order valence-electron chi connectivity index (χ0n) is 10.8. The summed E-state index contributed by atoms with van der Waals surface area (Å²) in [6.07, 6.45) is 4.56. The maximum Gasteiger partial charge on any atom is 0.125 e. The first-order valence-corrected chi connectivity index (χ1v) is 7.42. The molecule has 4 heteroatoms. The molecule has 3 nitrogen and oxygen atoms in total. The quantitative estimate of drug-likeness (QED) is 0.820. The Balaban J connectivity index is 1.96. The van der Waals surface area contributed by atoms with Gasteiger partial charge >= 0.3 is 0 Å². The first-order valence-electron chi connectivity index (χ1n) is 6.54. The number of nitrogens with one attached hydrogen (secondary N) is 1. The highest BCUT2D eigenvalue weighted by Gasteiger charge is 2.32. The summed E-state index contributed by atoms with van der Waals surface area (Å²) in [5.41, 5.74) is 1.07. The Bertz CT molecular complexity index is 345. The monoisotopic (exact) mass is 254 g/mol. The molecule has 1 saturated heterocycles. The Morgan fingerprint density at radius 1 is 1.53 bits per heavy atom. The van der Waals surface area contributed by atoms with E-state index >= 15 is 0 Å². The summed E-state index contributed by atoms with van der Waals surface area (Å²) in [6.45, 7) is 7.22. The Morgan fingerprint density at radius 2 is 2.41 bits per heavy atom.